The minimum atomic E-state index is -2.33. The van der Waals surface area contributed by atoms with Gasteiger partial charge >= 0.3 is 23.5 Å². The highest BCUT2D eigenvalue weighted by atomic mass is 16.6. The lowest BCUT2D eigenvalue weighted by Crippen LogP contribution is -2.52. The standard InChI is InChI=1S/C19H25NO6/c1-2-25-18(24)19(17(22)23,11-8-14-9-12-20-13-10-14)26-16(21)15-6-4-3-5-7-15/h3-7,14,20H,2,8-13H2,1H3,(H,22,23)/t19-/m0/s1. The smallest absolute Gasteiger partial charge is 0.362 e. The zero-order valence-electron chi connectivity index (χ0n) is 14.9. The highest BCUT2D eigenvalue weighted by Crippen LogP contribution is 2.28. The number of carbonyl (C=O) groups excluding carboxylic acids is 2. The lowest BCUT2D eigenvalue weighted by molar-refractivity contribution is -0.181. The summed E-state index contributed by atoms with van der Waals surface area (Å²) in [5.74, 6) is -3.12. The molecule has 7 nitrogen and oxygen atoms in total. The normalized spacial score (nSPS) is 17.1. The number of nitrogens with one attached hydrogen (secondary N) is 1. The van der Waals surface area contributed by atoms with Crippen molar-refractivity contribution in [2.75, 3.05) is 19.7 Å². The van der Waals surface area contributed by atoms with Crippen molar-refractivity contribution in [3.63, 3.8) is 0 Å². The fraction of sp³-hybridized carbons (Fsp3) is 0.526. The van der Waals surface area contributed by atoms with Crippen LogP contribution >= 0.6 is 0 Å². The van der Waals surface area contributed by atoms with Crippen molar-refractivity contribution in [2.24, 2.45) is 5.92 Å². The molecule has 1 aromatic carbocycles. The third kappa shape index (κ3) is 4.82. The summed E-state index contributed by atoms with van der Waals surface area (Å²) in [7, 11) is 0. The number of benzene rings is 1. The van der Waals surface area contributed by atoms with Gasteiger partial charge in [0.05, 0.1) is 12.2 Å². The van der Waals surface area contributed by atoms with Crippen LogP contribution in [0.5, 0.6) is 0 Å². The molecule has 0 aromatic heterocycles. The summed E-state index contributed by atoms with van der Waals surface area (Å²) >= 11 is 0. The van der Waals surface area contributed by atoms with Crippen molar-refractivity contribution in [1.82, 2.24) is 5.32 Å². The number of carboxylic acid groups (broad SMARTS) is 1. The first-order chi connectivity index (χ1) is 12.5. The Kier molecular flexibility index (Phi) is 7.15. The first-order valence-electron chi connectivity index (χ1n) is 8.89. The molecule has 142 valence electrons. The van der Waals surface area contributed by atoms with E-state index in [2.05, 4.69) is 5.32 Å². The molecular weight excluding hydrogens is 338 g/mol. The van der Waals surface area contributed by atoms with Crippen molar-refractivity contribution < 1.29 is 29.0 Å². The molecule has 1 saturated heterocycles. The molecule has 0 bridgehead atoms. The maximum Gasteiger partial charge on any atom is 0.362 e. The Bertz CT molecular complexity index is 626. The van der Waals surface area contributed by atoms with E-state index in [1.807, 2.05) is 0 Å². The van der Waals surface area contributed by atoms with Gasteiger partial charge in [0.1, 0.15) is 0 Å². The molecule has 0 saturated carbocycles. The molecule has 26 heavy (non-hydrogen) atoms. The van der Waals surface area contributed by atoms with Crippen LogP contribution in [0.15, 0.2) is 30.3 Å². The summed E-state index contributed by atoms with van der Waals surface area (Å²) in [4.78, 5) is 36.9. The van der Waals surface area contributed by atoms with Gasteiger partial charge in [0.2, 0.25) is 0 Å². The van der Waals surface area contributed by atoms with E-state index in [4.69, 9.17) is 9.47 Å². The zero-order valence-corrected chi connectivity index (χ0v) is 14.9. The second-order valence-corrected chi connectivity index (χ2v) is 6.34. The number of ether oxygens (including phenoxy) is 2. The van der Waals surface area contributed by atoms with Crippen LogP contribution in [0.4, 0.5) is 0 Å². The van der Waals surface area contributed by atoms with Crippen molar-refractivity contribution in [3.05, 3.63) is 35.9 Å². The predicted octanol–water partition coefficient (Wildman–Crippen LogP) is 2.01. The van der Waals surface area contributed by atoms with Crippen molar-refractivity contribution in [1.29, 1.82) is 0 Å². The summed E-state index contributed by atoms with van der Waals surface area (Å²) in [6.07, 6.45) is 2.15. The lowest BCUT2D eigenvalue weighted by atomic mass is 9.87. The number of aliphatic carboxylic acids is 1. The fourth-order valence-corrected chi connectivity index (χ4v) is 3.05. The average molecular weight is 363 g/mol. The van der Waals surface area contributed by atoms with Gasteiger partial charge in [0.25, 0.3) is 0 Å². The van der Waals surface area contributed by atoms with E-state index in [9.17, 15) is 19.5 Å². The molecule has 1 fully saturated rings. The Morgan fingerprint density at radius 1 is 1.19 bits per heavy atom. The number of rotatable bonds is 8. The van der Waals surface area contributed by atoms with E-state index >= 15 is 0 Å². The monoisotopic (exact) mass is 363 g/mol. The van der Waals surface area contributed by atoms with Crippen LogP contribution in [0, 0.1) is 5.92 Å². The number of hydrogen-bond donors (Lipinski definition) is 2. The summed E-state index contributed by atoms with van der Waals surface area (Å²) in [6.45, 7) is 3.29. The molecular formula is C19H25NO6. The Labute approximate surface area is 152 Å². The van der Waals surface area contributed by atoms with E-state index < -0.39 is 23.5 Å². The second kappa shape index (κ2) is 9.33. The Morgan fingerprint density at radius 3 is 2.42 bits per heavy atom. The van der Waals surface area contributed by atoms with Crippen LogP contribution in [0.25, 0.3) is 0 Å². The molecule has 1 heterocycles. The molecule has 2 rings (SSSR count). The highest BCUT2D eigenvalue weighted by molar-refractivity contribution is 6.06. The SMILES string of the molecule is CCOC(=O)[C@@](CCC1CCNCC1)(OC(=O)c1ccccc1)C(=O)O. The van der Waals surface area contributed by atoms with E-state index in [0.717, 1.165) is 25.9 Å². The molecule has 1 aliphatic rings. The molecule has 0 amide bonds. The number of piperidine rings is 1. The van der Waals surface area contributed by atoms with Gasteiger partial charge in [-0.2, -0.15) is 0 Å². The maximum absolute atomic E-state index is 12.5. The van der Waals surface area contributed by atoms with Crippen LogP contribution in [-0.4, -0.2) is 48.3 Å². The summed E-state index contributed by atoms with van der Waals surface area (Å²) in [5.41, 5.74) is -2.14. The second-order valence-electron chi connectivity index (χ2n) is 6.34. The van der Waals surface area contributed by atoms with E-state index in [0.29, 0.717) is 6.42 Å². The number of hydrogen-bond acceptors (Lipinski definition) is 6. The predicted molar refractivity (Wildman–Crippen MR) is 93.7 cm³/mol. The highest BCUT2D eigenvalue weighted by Gasteiger charge is 2.52. The zero-order chi connectivity index (χ0) is 19.0. The Morgan fingerprint density at radius 2 is 1.85 bits per heavy atom. The molecule has 0 unspecified atom stereocenters. The van der Waals surface area contributed by atoms with Gasteiger partial charge in [-0.15, -0.1) is 0 Å². The molecule has 7 heteroatoms. The summed E-state index contributed by atoms with van der Waals surface area (Å²) in [5, 5.41) is 13.0. The minimum Gasteiger partial charge on any atom is -0.478 e. The molecule has 2 N–H and O–H groups in total. The third-order valence-electron chi connectivity index (χ3n) is 4.59. The largest absolute Gasteiger partial charge is 0.478 e. The van der Waals surface area contributed by atoms with Gasteiger partial charge in [-0.25, -0.2) is 14.4 Å². The van der Waals surface area contributed by atoms with Crippen LogP contribution in [-0.2, 0) is 19.1 Å². The van der Waals surface area contributed by atoms with Crippen molar-refractivity contribution in [2.45, 2.75) is 38.2 Å². The minimum absolute atomic E-state index is 0.00407. The van der Waals surface area contributed by atoms with Gasteiger partial charge < -0.3 is 19.9 Å². The lowest BCUT2D eigenvalue weighted by Gasteiger charge is -2.30. The van der Waals surface area contributed by atoms with Crippen molar-refractivity contribution >= 4 is 17.9 Å². The number of carboxylic acids is 1. The molecule has 1 atom stereocenters. The first kappa shape index (κ1) is 19.9. The molecule has 0 spiro atoms. The van der Waals surface area contributed by atoms with Crippen LogP contribution in [0.3, 0.4) is 0 Å². The first-order valence-corrected chi connectivity index (χ1v) is 8.89. The molecule has 1 aliphatic heterocycles. The molecule has 0 aliphatic carbocycles. The quantitative estimate of drug-likeness (QED) is 0.538. The maximum atomic E-state index is 12.5. The van der Waals surface area contributed by atoms with E-state index in [1.165, 1.54) is 12.1 Å². The van der Waals surface area contributed by atoms with Crippen molar-refractivity contribution in [3.8, 4) is 0 Å². The van der Waals surface area contributed by atoms with Crippen LogP contribution in [0.1, 0.15) is 43.0 Å². The van der Waals surface area contributed by atoms with E-state index in [-0.39, 0.29) is 24.5 Å². The Hall–Kier alpha value is -2.41. The van der Waals surface area contributed by atoms with Gasteiger partial charge in [0, 0.05) is 6.42 Å². The van der Waals surface area contributed by atoms with Gasteiger partial charge in [0.15, 0.2) is 0 Å². The molecule has 1 aromatic rings. The number of esters is 2. The third-order valence-corrected chi connectivity index (χ3v) is 4.59. The fourth-order valence-electron chi connectivity index (χ4n) is 3.05. The van der Waals surface area contributed by atoms with Crippen LogP contribution in [0.2, 0.25) is 0 Å². The van der Waals surface area contributed by atoms with Gasteiger partial charge in [-0.1, -0.05) is 18.2 Å². The summed E-state index contributed by atoms with van der Waals surface area (Å²) < 4.78 is 10.2. The Balaban J connectivity index is 2.21. The van der Waals surface area contributed by atoms with E-state index in [1.54, 1.807) is 25.1 Å². The average Bonchev–Trinajstić information content (AvgIpc) is 2.66. The topological polar surface area (TPSA) is 102 Å². The summed E-state index contributed by atoms with van der Waals surface area (Å²) in [6, 6.07) is 8.01. The van der Waals surface area contributed by atoms with Gasteiger partial charge in [-0.3, -0.25) is 0 Å². The molecule has 0 radical (unpaired) electrons. The van der Waals surface area contributed by atoms with Crippen LogP contribution < -0.4 is 5.32 Å². The number of carbonyl (C=O) groups is 3. The van der Waals surface area contributed by atoms with Gasteiger partial charge in [-0.05, 0) is 57.3 Å².